The van der Waals surface area contributed by atoms with Gasteiger partial charge in [0.2, 0.25) is 5.95 Å². The van der Waals surface area contributed by atoms with Gasteiger partial charge in [-0.1, -0.05) is 26.5 Å². The third-order valence-corrected chi connectivity index (χ3v) is 5.67. The number of morpholine rings is 2. The molecule has 11 heteroatoms. The molecule has 1 N–H and O–H groups in total. The van der Waals surface area contributed by atoms with Gasteiger partial charge in [-0.15, -0.1) is 18.3 Å². The Morgan fingerprint density at radius 2 is 1.59 bits per heavy atom. The molecular formula is C26H32KN6O4-. The van der Waals surface area contributed by atoms with E-state index in [-0.39, 0.29) is 62.7 Å². The summed E-state index contributed by atoms with van der Waals surface area (Å²) in [7, 11) is 0. The molecular weight excluding hydrogens is 499 g/mol. The SMILES string of the molecule is CC(C)(C)c1c[c-]no1.O=C(Nc1cc[c-]cc1)c1cc(N2CCOCC2)nc(N2CCOCC2)n1.[K+]. The van der Waals surface area contributed by atoms with Crippen molar-refractivity contribution in [1.82, 2.24) is 15.1 Å². The molecule has 37 heavy (non-hydrogen) atoms. The summed E-state index contributed by atoms with van der Waals surface area (Å²) in [4.78, 5) is 26.2. The number of amides is 1. The fraction of sp³-hybridized carbons (Fsp3) is 0.462. The summed E-state index contributed by atoms with van der Waals surface area (Å²) in [5, 5.41) is 6.37. The molecule has 0 atom stereocenters. The summed E-state index contributed by atoms with van der Waals surface area (Å²) in [5.41, 5.74) is 1.12. The van der Waals surface area contributed by atoms with Crippen LogP contribution in [0, 0.1) is 12.3 Å². The van der Waals surface area contributed by atoms with Crippen LogP contribution in [0.1, 0.15) is 37.0 Å². The van der Waals surface area contributed by atoms with E-state index >= 15 is 0 Å². The molecule has 0 spiro atoms. The molecule has 0 bridgehead atoms. The van der Waals surface area contributed by atoms with Crippen molar-refractivity contribution in [3.63, 3.8) is 0 Å². The second-order valence-electron chi connectivity index (χ2n) is 9.42. The Kier molecular flexibility index (Phi) is 11.5. The zero-order valence-electron chi connectivity index (χ0n) is 22.0. The number of carbonyl (C=O) groups excluding carboxylic acids is 1. The molecule has 2 saturated heterocycles. The normalized spacial score (nSPS) is 15.8. The van der Waals surface area contributed by atoms with E-state index in [0.717, 1.165) is 24.7 Å². The molecule has 2 aromatic heterocycles. The topological polar surface area (TPSA) is 106 Å². The van der Waals surface area contributed by atoms with Crippen molar-refractivity contribution < 1.29 is 70.2 Å². The fourth-order valence-corrected chi connectivity index (χ4v) is 3.60. The number of ether oxygens (including phenoxy) is 2. The minimum Gasteiger partial charge on any atom is -0.470 e. The molecule has 1 amide bonds. The van der Waals surface area contributed by atoms with Gasteiger partial charge in [-0.3, -0.25) is 4.79 Å². The first-order valence-corrected chi connectivity index (χ1v) is 12.1. The molecule has 1 aromatic carbocycles. The third-order valence-electron chi connectivity index (χ3n) is 5.67. The number of aromatic nitrogens is 3. The smallest absolute Gasteiger partial charge is 0.470 e. The molecule has 0 unspecified atom stereocenters. The van der Waals surface area contributed by atoms with Gasteiger partial charge < -0.3 is 29.1 Å². The van der Waals surface area contributed by atoms with Gasteiger partial charge in [0.15, 0.2) is 0 Å². The number of rotatable bonds is 4. The third kappa shape index (κ3) is 8.84. The van der Waals surface area contributed by atoms with Crippen molar-refractivity contribution in [1.29, 1.82) is 0 Å². The maximum Gasteiger partial charge on any atom is 1.00 e. The predicted octanol–water partition coefficient (Wildman–Crippen LogP) is -0.0214. The van der Waals surface area contributed by atoms with E-state index in [4.69, 9.17) is 19.0 Å². The number of nitrogens with zero attached hydrogens (tertiary/aromatic N) is 5. The van der Waals surface area contributed by atoms with Crippen LogP contribution in [0.5, 0.6) is 0 Å². The monoisotopic (exact) mass is 531 g/mol. The molecule has 0 saturated carbocycles. The molecule has 5 rings (SSSR count). The summed E-state index contributed by atoms with van der Waals surface area (Å²) < 4.78 is 15.7. The average Bonchev–Trinajstić information content (AvgIpc) is 3.47. The van der Waals surface area contributed by atoms with Gasteiger partial charge in [0.05, 0.1) is 26.4 Å². The van der Waals surface area contributed by atoms with Gasteiger partial charge in [-0.05, 0) is 11.2 Å². The van der Waals surface area contributed by atoms with Gasteiger partial charge in [-0.2, -0.15) is 29.2 Å². The van der Waals surface area contributed by atoms with Gasteiger partial charge in [-0.25, -0.2) is 10.1 Å². The second-order valence-corrected chi connectivity index (χ2v) is 9.42. The molecule has 3 aromatic rings. The van der Waals surface area contributed by atoms with Gasteiger partial charge in [0, 0.05) is 32.2 Å². The first-order chi connectivity index (χ1) is 17.4. The summed E-state index contributed by atoms with van der Waals surface area (Å²) in [6.45, 7) is 11.7. The van der Waals surface area contributed by atoms with E-state index in [2.05, 4.69) is 58.3 Å². The van der Waals surface area contributed by atoms with Crippen LogP contribution in [0.15, 0.2) is 40.9 Å². The molecule has 10 nitrogen and oxygen atoms in total. The second kappa shape index (κ2) is 14.3. The van der Waals surface area contributed by atoms with Crippen LogP contribution >= 0.6 is 0 Å². The van der Waals surface area contributed by atoms with Crippen molar-refractivity contribution in [2.45, 2.75) is 26.2 Å². The Morgan fingerprint density at radius 3 is 2.14 bits per heavy atom. The van der Waals surface area contributed by atoms with Gasteiger partial charge >= 0.3 is 51.4 Å². The molecule has 2 fully saturated rings. The zero-order chi connectivity index (χ0) is 25.4. The van der Waals surface area contributed by atoms with Gasteiger partial charge in [0.25, 0.3) is 5.91 Å². The molecule has 2 aliphatic rings. The van der Waals surface area contributed by atoms with Crippen LogP contribution in [0.4, 0.5) is 17.5 Å². The maximum atomic E-state index is 12.8. The van der Waals surface area contributed by atoms with Crippen LogP contribution in [0.3, 0.4) is 0 Å². The van der Waals surface area contributed by atoms with E-state index in [9.17, 15) is 4.79 Å². The Morgan fingerprint density at radius 1 is 0.973 bits per heavy atom. The minimum atomic E-state index is -0.257. The van der Waals surface area contributed by atoms with Crippen LogP contribution in [-0.4, -0.2) is 73.6 Å². The summed E-state index contributed by atoms with van der Waals surface area (Å²) in [5.74, 6) is 1.94. The Hall–Kier alpha value is -1.86. The van der Waals surface area contributed by atoms with Crippen molar-refractivity contribution in [3.05, 3.63) is 60.1 Å². The van der Waals surface area contributed by atoms with Crippen molar-refractivity contribution in [2.24, 2.45) is 0 Å². The summed E-state index contributed by atoms with van der Waals surface area (Å²) >= 11 is 0. The standard InChI is InChI=1S/C19H22N5O3.C7H10NO.K/c25-18(20-15-4-2-1-3-5-15)16-14-17(23-6-10-26-11-7-23)22-19(21-16)24-8-12-27-13-9-24;1-7(2,3)6-4-5-8-9-6;/h2-5,14H,6-13H2,(H,20,25);4H,1-3H3;/q2*-1;+1. The van der Waals surface area contributed by atoms with Crippen molar-refractivity contribution in [3.8, 4) is 0 Å². The molecule has 2 aliphatic heterocycles. The van der Waals surface area contributed by atoms with E-state index < -0.39 is 0 Å². The van der Waals surface area contributed by atoms with Gasteiger partial charge in [0.1, 0.15) is 11.5 Å². The Labute approximate surface area is 260 Å². The van der Waals surface area contributed by atoms with Crippen molar-refractivity contribution in [2.75, 3.05) is 67.7 Å². The first-order valence-electron chi connectivity index (χ1n) is 12.1. The molecule has 192 valence electrons. The zero-order valence-corrected chi connectivity index (χ0v) is 25.1. The van der Waals surface area contributed by atoms with Crippen LogP contribution in [0.2, 0.25) is 0 Å². The van der Waals surface area contributed by atoms with E-state index in [1.165, 1.54) is 0 Å². The Balaban J connectivity index is 0.000000324. The number of benzene rings is 1. The minimum absolute atomic E-state index is 0. The van der Waals surface area contributed by atoms with E-state index in [0.29, 0.717) is 56.8 Å². The number of hydrogen-bond acceptors (Lipinski definition) is 9. The quantitative estimate of drug-likeness (QED) is 0.367. The average molecular weight is 532 g/mol. The number of hydrogen-bond donors (Lipinski definition) is 1. The van der Waals surface area contributed by atoms with Crippen LogP contribution < -0.4 is 66.5 Å². The summed E-state index contributed by atoms with van der Waals surface area (Å²) in [6.07, 6.45) is 2.62. The molecule has 4 heterocycles. The maximum absolute atomic E-state index is 12.8. The van der Waals surface area contributed by atoms with Crippen LogP contribution in [0.25, 0.3) is 0 Å². The number of anilines is 3. The predicted molar refractivity (Wildman–Crippen MR) is 135 cm³/mol. The van der Waals surface area contributed by atoms with Crippen molar-refractivity contribution >= 4 is 23.4 Å². The number of nitrogens with one attached hydrogen (secondary N) is 1. The summed E-state index contributed by atoms with van der Waals surface area (Å²) in [6, 6.07) is 13.6. The largest absolute Gasteiger partial charge is 1.00 e. The van der Waals surface area contributed by atoms with Crippen LogP contribution in [-0.2, 0) is 14.9 Å². The molecule has 0 radical (unpaired) electrons. The molecule has 0 aliphatic carbocycles. The number of carbonyl (C=O) groups is 1. The first kappa shape index (κ1) is 29.7. The van der Waals surface area contributed by atoms with E-state index in [1.54, 1.807) is 36.4 Å². The fourth-order valence-electron chi connectivity index (χ4n) is 3.60. The van der Waals surface area contributed by atoms with E-state index in [1.807, 2.05) is 0 Å². The Bertz CT molecular complexity index is 1060.